The van der Waals surface area contributed by atoms with Gasteiger partial charge < -0.3 is 14.8 Å². The van der Waals surface area contributed by atoms with Gasteiger partial charge in [0.05, 0.1) is 0 Å². The maximum Gasteiger partial charge on any atom is 0.573 e. The lowest BCUT2D eigenvalue weighted by Crippen LogP contribution is -2.30. The van der Waals surface area contributed by atoms with Crippen molar-refractivity contribution >= 4 is 0 Å². The highest BCUT2D eigenvalue weighted by atomic mass is 19.4. The predicted octanol–water partition coefficient (Wildman–Crippen LogP) is 3.27. The average Bonchev–Trinajstić information content (AvgIpc) is 2.41. The van der Waals surface area contributed by atoms with Gasteiger partial charge in [-0.05, 0) is 43.5 Å². The Hall–Kier alpha value is -1.27. The Labute approximate surface area is 116 Å². The lowest BCUT2D eigenvalue weighted by Gasteiger charge is -2.30. The maximum atomic E-state index is 12.1. The first-order valence-electron chi connectivity index (χ1n) is 6.60. The van der Waals surface area contributed by atoms with E-state index in [0.717, 1.165) is 31.6 Å². The monoisotopic (exact) mass is 289 g/mol. The van der Waals surface area contributed by atoms with Crippen molar-refractivity contribution in [1.29, 1.82) is 0 Å². The average molecular weight is 289 g/mol. The second kappa shape index (κ2) is 6.45. The fourth-order valence-electron chi connectivity index (χ4n) is 2.60. The molecule has 0 aromatic heterocycles. The van der Waals surface area contributed by atoms with E-state index in [4.69, 9.17) is 4.74 Å². The zero-order valence-electron chi connectivity index (χ0n) is 11.2. The van der Waals surface area contributed by atoms with Gasteiger partial charge in [0.15, 0.2) is 0 Å². The van der Waals surface area contributed by atoms with Gasteiger partial charge in [-0.15, -0.1) is 13.2 Å². The van der Waals surface area contributed by atoms with Crippen molar-refractivity contribution in [2.45, 2.75) is 25.2 Å². The first-order chi connectivity index (χ1) is 9.49. The number of hydrogen-bond donors (Lipinski definition) is 1. The van der Waals surface area contributed by atoms with Crippen LogP contribution in [0.25, 0.3) is 0 Å². The molecule has 1 unspecified atom stereocenters. The molecule has 6 heteroatoms. The molecule has 1 N–H and O–H groups in total. The van der Waals surface area contributed by atoms with Crippen molar-refractivity contribution in [2.24, 2.45) is 5.92 Å². The Balaban J connectivity index is 2.06. The molecule has 0 radical (unpaired) electrons. The fourth-order valence-corrected chi connectivity index (χ4v) is 2.60. The molecule has 0 amide bonds. The van der Waals surface area contributed by atoms with Crippen LogP contribution in [0.2, 0.25) is 0 Å². The molecular weight excluding hydrogens is 271 g/mol. The summed E-state index contributed by atoms with van der Waals surface area (Å²) in [7, 11) is 1.86. The molecule has 1 atom stereocenters. The second-order valence-corrected chi connectivity index (χ2v) is 4.83. The molecular formula is C14H18F3NO2. The Kier molecular flexibility index (Phi) is 4.88. The highest BCUT2D eigenvalue weighted by Crippen LogP contribution is 2.31. The smallest absolute Gasteiger partial charge is 0.406 e. The highest BCUT2D eigenvalue weighted by molar-refractivity contribution is 5.29. The van der Waals surface area contributed by atoms with Crippen LogP contribution in [0.5, 0.6) is 5.75 Å². The van der Waals surface area contributed by atoms with Gasteiger partial charge in [0.25, 0.3) is 0 Å². The van der Waals surface area contributed by atoms with Crippen LogP contribution >= 0.6 is 0 Å². The van der Waals surface area contributed by atoms with Gasteiger partial charge >= 0.3 is 6.36 Å². The van der Waals surface area contributed by atoms with Crippen LogP contribution in [-0.2, 0) is 4.74 Å². The molecule has 1 fully saturated rings. The van der Waals surface area contributed by atoms with Crippen molar-refractivity contribution in [1.82, 2.24) is 5.32 Å². The number of ether oxygens (including phenoxy) is 2. The fraction of sp³-hybridized carbons (Fsp3) is 0.571. The lowest BCUT2D eigenvalue weighted by molar-refractivity contribution is -0.274. The van der Waals surface area contributed by atoms with E-state index in [0.29, 0.717) is 5.92 Å². The summed E-state index contributed by atoms with van der Waals surface area (Å²) in [6.07, 6.45) is -2.75. The minimum atomic E-state index is -4.65. The molecule has 1 aliphatic rings. The SMILES string of the molecule is CNC(c1ccc(OC(F)(F)F)cc1)C1CCOCC1. The molecule has 0 aliphatic carbocycles. The summed E-state index contributed by atoms with van der Waals surface area (Å²) in [4.78, 5) is 0. The van der Waals surface area contributed by atoms with Crippen molar-refractivity contribution < 1.29 is 22.6 Å². The molecule has 0 spiro atoms. The van der Waals surface area contributed by atoms with Crippen LogP contribution in [-0.4, -0.2) is 26.6 Å². The molecule has 20 heavy (non-hydrogen) atoms. The molecule has 0 bridgehead atoms. The van der Waals surface area contributed by atoms with Crippen molar-refractivity contribution in [2.75, 3.05) is 20.3 Å². The number of nitrogens with one attached hydrogen (secondary N) is 1. The molecule has 0 saturated carbocycles. The third-order valence-corrected chi connectivity index (χ3v) is 3.52. The predicted molar refractivity (Wildman–Crippen MR) is 68.5 cm³/mol. The van der Waals surface area contributed by atoms with Crippen molar-refractivity contribution in [3.8, 4) is 5.75 Å². The van der Waals surface area contributed by atoms with Gasteiger partial charge in [0.1, 0.15) is 5.75 Å². The lowest BCUT2D eigenvalue weighted by atomic mass is 9.87. The van der Waals surface area contributed by atoms with E-state index >= 15 is 0 Å². The summed E-state index contributed by atoms with van der Waals surface area (Å²) in [6, 6.07) is 6.19. The van der Waals surface area contributed by atoms with Crippen LogP contribution in [0.1, 0.15) is 24.4 Å². The van der Waals surface area contributed by atoms with Gasteiger partial charge in [-0.3, -0.25) is 0 Å². The van der Waals surface area contributed by atoms with Gasteiger partial charge in [-0.2, -0.15) is 0 Å². The minimum Gasteiger partial charge on any atom is -0.406 e. The van der Waals surface area contributed by atoms with Gasteiger partial charge in [0.2, 0.25) is 0 Å². The van der Waals surface area contributed by atoms with Crippen molar-refractivity contribution in [3.63, 3.8) is 0 Å². The molecule has 1 aromatic rings. The van der Waals surface area contributed by atoms with E-state index in [1.807, 2.05) is 7.05 Å². The largest absolute Gasteiger partial charge is 0.573 e. The Bertz CT molecular complexity index is 413. The number of hydrogen-bond acceptors (Lipinski definition) is 3. The summed E-state index contributed by atoms with van der Waals surface area (Å²) in [5, 5.41) is 3.24. The van der Waals surface area contributed by atoms with E-state index < -0.39 is 6.36 Å². The Morgan fingerprint density at radius 1 is 1.20 bits per heavy atom. The summed E-state index contributed by atoms with van der Waals surface area (Å²) in [5.74, 6) is 0.242. The zero-order valence-corrected chi connectivity index (χ0v) is 11.2. The highest BCUT2D eigenvalue weighted by Gasteiger charge is 2.31. The second-order valence-electron chi connectivity index (χ2n) is 4.83. The standard InChI is InChI=1S/C14H18F3NO2/c1-18-13(11-6-8-19-9-7-11)10-2-4-12(5-3-10)20-14(15,16)17/h2-5,11,13,18H,6-9H2,1H3. The van der Waals surface area contributed by atoms with Crippen LogP contribution in [0, 0.1) is 5.92 Å². The summed E-state index contributed by atoms with van der Waals surface area (Å²) in [5.41, 5.74) is 0.967. The third-order valence-electron chi connectivity index (χ3n) is 3.52. The number of halogens is 3. The topological polar surface area (TPSA) is 30.5 Å². The molecule has 1 aromatic carbocycles. The third kappa shape index (κ3) is 4.11. The molecule has 2 rings (SSSR count). The van der Waals surface area contributed by atoms with E-state index in [9.17, 15) is 13.2 Å². The maximum absolute atomic E-state index is 12.1. The molecule has 1 heterocycles. The first kappa shape index (κ1) is 15.1. The van der Waals surface area contributed by atoms with Gasteiger partial charge in [-0.1, -0.05) is 12.1 Å². The summed E-state index contributed by atoms with van der Waals surface area (Å²) >= 11 is 0. The zero-order chi connectivity index (χ0) is 14.6. The van der Waals surface area contributed by atoms with Crippen molar-refractivity contribution in [3.05, 3.63) is 29.8 Å². The van der Waals surface area contributed by atoms with Crippen LogP contribution in [0.15, 0.2) is 24.3 Å². The molecule has 1 aliphatic heterocycles. The Morgan fingerprint density at radius 3 is 2.30 bits per heavy atom. The molecule has 1 saturated heterocycles. The van der Waals surface area contributed by atoms with E-state index in [-0.39, 0.29) is 11.8 Å². The molecule has 112 valence electrons. The summed E-state index contributed by atoms with van der Waals surface area (Å²) < 4.78 is 45.5. The van der Waals surface area contributed by atoms with Gasteiger partial charge in [0, 0.05) is 19.3 Å². The normalized spacial score (nSPS) is 18.8. The Morgan fingerprint density at radius 2 is 1.80 bits per heavy atom. The quantitative estimate of drug-likeness (QED) is 0.922. The van der Waals surface area contributed by atoms with Crippen LogP contribution < -0.4 is 10.1 Å². The molecule has 3 nitrogen and oxygen atoms in total. The van der Waals surface area contributed by atoms with Crippen LogP contribution in [0.3, 0.4) is 0 Å². The number of benzene rings is 1. The summed E-state index contributed by atoms with van der Waals surface area (Å²) in [6.45, 7) is 1.47. The van der Waals surface area contributed by atoms with Crippen LogP contribution in [0.4, 0.5) is 13.2 Å². The van der Waals surface area contributed by atoms with E-state index in [2.05, 4.69) is 10.1 Å². The van der Waals surface area contributed by atoms with E-state index in [1.54, 1.807) is 12.1 Å². The number of alkyl halides is 3. The number of rotatable bonds is 4. The van der Waals surface area contributed by atoms with E-state index in [1.165, 1.54) is 12.1 Å². The first-order valence-corrected chi connectivity index (χ1v) is 6.60. The minimum absolute atomic E-state index is 0.124. The van der Waals surface area contributed by atoms with Gasteiger partial charge in [-0.25, -0.2) is 0 Å².